The molecule has 1 unspecified atom stereocenters. The van der Waals surface area contributed by atoms with Gasteiger partial charge < -0.3 is 16.8 Å². The molecule has 0 aromatic rings. The van der Waals surface area contributed by atoms with Gasteiger partial charge in [0.25, 0.3) is 0 Å². The van der Waals surface area contributed by atoms with E-state index in [9.17, 15) is 4.79 Å². The van der Waals surface area contributed by atoms with Crippen LogP contribution in [0.3, 0.4) is 0 Å². The van der Waals surface area contributed by atoms with E-state index < -0.39 is 6.03 Å². The van der Waals surface area contributed by atoms with Gasteiger partial charge in [0.1, 0.15) is 0 Å². The number of hydrogen-bond donors (Lipinski definition) is 3. The molecule has 0 radical (unpaired) electrons. The van der Waals surface area contributed by atoms with Gasteiger partial charge in [0.15, 0.2) is 0 Å². The molecule has 0 saturated heterocycles. The normalized spacial score (nSPS) is 12.5. The van der Waals surface area contributed by atoms with Crippen LogP contribution in [-0.2, 0) is 0 Å². The molecule has 4 heteroatoms. The summed E-state index contributed by atoms with van der Waals surface area (Å²) < 4.78 is 0. The fourth-order valence-corrected chi connectivity index (χ4v) is 1.24. The molecule has 0 fully saturated rings. The Morgan fingerprint density at radius 3 is 2.58 bits per heavy atom. The quantitative estimate of drug-likeness (QED) is 0.544. The first-order valence-corrected chi connectivity index (χ1v) is 4.44. The average molecular weight is 173 g/mol. The molecule has 0 bridgehead atoms. The Bertz CT molecular complexity index is 121. The molecule has 4 nitrogen and oxygen atoms in total. The molecule has 0 aliphatic heterocycles. The third-order valence-electron chi connectivity index (χ3n) is 1.84. The van der Waals surface area contributed by atoms with Crippen LogP contribution < -0.4 is 16.8 Å². The maximum Gasteiger partial charge on any atom is 0.312 e. The maximum absolute atomic E-state index is 10.4. The van der Waals surface area contributed by atoms with Crippen molar-refractivity contribution in [2.24, 2.45) is 17.4 Å². The lowest BCUT2D eigenvalue weighted by Crippen LogP contribution is -2.34. The topological polar surface area (TPSA) is 81.1 Å². The minimum absolute atomic E-state index is 0.451. The predicted molar refractivity (Wildman–Crippen MR) is 49.7 cm³/mol. The van der Waals surface area contributed by atoms with Crippen LogP contribution in [0.1, 0.15) is 26.2 Å². The van der Waals surface area contributed by atoms with Crippen molar-refractivity contribution < 1.29 is 4.79 Å². The van der Waals surface area contributed by atoms with Crippen LogP contribution in [-0.4, -0.2) is 19.1 Å². The summed E-state index contributed by atoms with van der Waals surface area (Å²) in [5.41, 5.74) is 10.4. The first kappa shape index (κ1) is 11.2. The summed E-state index contributed by atoms with van der Waals surface area (Å²) in [4.78, 5) is 10.4. The number of primary amides is 1. The van der Waals surface area contributed by atoms with Crippen LogP contribution in [0.2, 0.25) is 0 Å². The molecule has 0 saturated carbocycles. The lowest BCUT2D eigenvalue weighted by atomic mass is 10.00. The van der Waals surface area contributed by atoms with E-state index in [2.05, 4.69) is 12.2 Å². The highest BCUT2D eigenvalue weighted by Crippen LogP contribution is 2.08. The minimum Gasteiger partial charge on any atom is -0.352 e. The monoisotopic (exact) mass is 173 g/mol. The van der Waals surface area contributed by atoms with E-state index in [1.165, 1.54) is 0 Å². The van der Waals surface area contributed by atoms with Gasteiger partial charge in [0.2, 0.25) is 0 Å². The fourth-order valence-electron chi connectivity index (χ4n) is 1.24. The van der Waals surface area contributed by atoms with Crippen molar-refractivity contribution in [2.45, 2.75) is 26.2 Å². The van der Waals surface area contributed by atoms with Crippen LogP contribution in [0.5, 0.6) is 0 Å². The summed E-state index contributed by atoms with van der Waals surface area (Å²) in [5.74, 6) is 0.479. The molecule has 0 aliphatic rings. The summed E-state index contributed by atoms with van der Waals surface area (Å²) in [5, 5.41) is 2.60. The zero-order valence-electron chi connectivity index (χ0n) is 7.68. The van der Waals surface area contributed by atoms with Gasteiger partial charge in [-0.05, 0) is 25.3 Å². The Labute approximate surface area is 73.7 Å². The first-order chi connectivity index (χ1) is 5.70. The van der Waals surface area contributed by atoms with Crippen LogP contribution in [0.4, 0.5) is 4.79 Å². The van der Waals surface area contributed by atoms with E-state index in [1.807, 2.05) is 0 Å². The summed E-state index contributed by atoms with van der Waals surface area (Å²) in [6.45, 7) is 3.44. The smallest absolute Gasteiger partial charge is 0.312 e. The molecule has 0 spiro atoms. The van der Waals surface area contributed by atoms with E-state index in [0.29, 0.717) is 19.0 Å². The molecule has 0 heterocycles. The predicted octanol–water partition coefficient (Wildman–Crippen LogP) is 0.420. The molecule has 72 valence electrons. The van der Waals surface area contributed by atoms with Gasteiger partial charge in [-0.3, -0.25) is 0 Å². The Balaban J connectivity index is 3.54. The Hall–Kier alpha value is -0.770. The average Bonchev–Trinajstić information content (AvgIpc) is 2.01. The van der Waals surface area contributed by atoms with Gasteiger partial charge >= 0.3 is 6.03 Å². The highest BCUT2D eigenvalue weighted by Gasteiger charge is 2.06. The summed E-state index contributed by atoms with van der Waals surface area (Å²) >= 11 is 0. The Morgan fingerprint density at radius 1 is 1.50 bits per heavy atom. The largest absolute Gasteiger partial charge is 0.352 e. The number of urea groups is 1. The van der Waals surface area contributed by atoms with E-state index in [-0.39, 0.29) is 0 Å². The van der Waals surface area contributed by atoms with Gasteiger partial charge in [0.05, 0.1) is 0 Å². The molecule has 0 aromatic heterocycles. The van der Waals surface area contributed by atoms with Gasteiger partial charge in [0, 0.05) is 6.54 Å². The lowest BCUT2D eigenvalue weighted by Gasteiger charge is -2.14. The number of nitrogens with two attached hydrogens (primary N) is 2. The number of nitrogens with one attached hydrogen (secondary N) is 1. The first-order valence-electron chi connectivity index (χ1n) is 4.44. The van der Waals surface area contributed by atoms with Crippen molar-refractivity contribution in [2.75, 3.05) is 13.1 Å². The second-order valence-electron chi connectivity index (χ2n) is 2.98. The summed E-state index contributed by atoms with van der Waals surface area (Å²) in [6.07, 6.45) is 3.16. The van der Waals surface area contributed by atoms with Crippen molar-refractivity contribution in [3.05, 3.63) is 0 Å². The number of carbonyl (C=O) groups is 1. The molecule has 0 aromatic carbocycles. The van der Waals surface area contributed by atoms with Gasteiger partial charge in [-0.1, -0.05) is 13.3 Å². The standard InChI is InChI=1S/C8H19N3O/c1-2-3-7(4-5-9)6-11-8(10)12/h7H,2-6,9H2,1H3,(H3,10,11,12). The van der Waals surface area contributed by atoms with Crippen LogP contribution in [0.25, 0.3) is 0 Å². The van der Waals surface area contributed by atoms with Crippen molar-refractivity contribution in [3.8, 4) is 0 Å². The molecule has 5 N–H and O–H groups in total. The Morgan fingerprint density at radius 2 is 2.17 bits per heavy atom. The zero-order chi connectivity index (χ0) is 9.40. The van der Waals surface area contributed by atoms with Crippen LogP contribution in [0.15, 0.2) is 0 Å². The number of rotatable bonds is 6. The number of carbonyl (C=O) groups excluding carboxylic acids is 1. The number of hydrogen-bond acceptors (Lipinski definition) is 2. The third-order valence-corrected chi connectivity index (χ3v) is 1.84. The molecule has 0 rings (SSSR count). The molecule has 2 amide bonds. The molecular formula is C8H19N3O. The van der Waals surface area contributed by atoms with E-state index >= 15 is 0 Å². The van der Waals surface area contributed by atoms with Gasteiger partial charge in [-0.2, -0.15) is 0 Å². The molecule has 12 heavy (non-hydrogen) atoms. The molecule has 1 atom stereocenters. The second kappa shape index (κ2) is 6.91. The van der Waals surface area contributed by atoms with Gasteiger partial charge in [-0.25, -0.2) is 4.79 Å². The minimum atomic E-state index is -0.451. The molecular weight excluding hydrogens is 154 g/mol. The zero-order valence-corrected chi connectivity index (χ0v) is 7.68. The fraction of sp³-hybridized carbons (Fsp3) is 0.875. The molecule has 0 aliphatic carbocycles. The SMILES string of the molecule is CCCC(CCN)CNC(N)=O. The van der Waals surface area contributed by atoms with Crippen molar-refractivity contribution >= 4 is 6.03 Å². The highest BCUT2D eigenvalue weighted by molar-refractivity contribution is 5.71. The third kappa shape index (κ3) is 5.97. The van der Waals surface area contributed by atoms with Crippen molar-refractivity contribution in [3.63, 3.8) is 0 Å². The second-order valence-corrected chi connectivity index (χ2v) is 2.98. The summed E-state index contributed by atoms with van der Waals surface area (Å²) in [7, 11) is 0. The Kier molecular flexibility index (Phi) is 6.47. The maximum atomic E-state index is 10.4. The van der Waals surface area contributed by atoms with Crippen LogP contribution >= 0.6 is 0 Å². The lowest BCUT2D eigenvalue weighted by molar-refractivity contribution is 0.246. The van der Waals surface area contributed by atoms with Gasteiger partial charge in [-0.15, -0.1) is 0 Å². The number of amides is 2. The van der Waals surface area contributed by atoms with E-state index in [4.69, 9.17) is 11.5 Å². The van der Waals surface area contributed by atoms with Crippen molar-refractivity contribution in [1.29, 1.82) is 0 Å². The highest BCUT2D eigenvalue weighted by atomic mass is 16.2. The van der Waals surface area contributed by atoms with E-state index in [1.54, 1.807) is 0 Å². The van der Waals surface area contributed by atoms with Crippen LogP contribution in [0, 0.1) is 5.92 Å². The van der Waals surface area contributed by atoms with E-state index in [0.717, 1.165) is 19.3 Å². The summed E-state index contributed by atoms with van der Waals surface area (Å²) in [6, 6.07) is -0.451. The van der Waals surface area contributed by atoms with Crippen molar-refractivity contribution in [1.82, 2.24) is 5.32 Å².